The molecule has 102 valence electrons. The maximum Gasteiger partial charge on any atom is 0.274 e. The number of anilines is 1. The normalized spacial score (nSPS) is 18.2. The Bertz CT molecular complexity index is 617. The minimum atomic E-state index is -0.0948. The predicted octanol–water partition coefficient (Wildman–Crippen LogP) is 0.478. The van der Waals surface area contributed by atoms with Gasteiger partial charge in [-0.1, -0.05) is 0 Å². The zero-order valence-electron chi connectivity index (χ0n) is 10.8. The maximum absolute atomic E-state index is 12.3. The van der Waals surface area contributed by atoms with Crippen molar-refractivity contribution in [2.75, 3.05) is 18.8 Å². The molecule has 0 radical (unpaired) electrons. The second-order valence-corrected chi connectivity index (χ2v) is 4.67. The summed E-state index contributed by atoms with van der Waals surface area (Å²) in [7, 11) is 0. The molecule has 2 aromatic rings. The number of carbonyl (C=O) groups is 1. The fourth-order valence-corrected chi connectivity index (χ4v) is 2.37. The number of hydrogen-bond acceptors (Lipinski definition) is 6. The van der Waals surface area contributed by atoms with E-state index in [1.54, 1.807) is 17.3 Å². The molecule has 1 unspecified atom stereocenters. The fraction of sp³-hybridized carbons (Fsp3) is 0.308. The summed E-state index contributed by atoms with van der Waals surface area (Å²) in [6.07, 6.45) is 7.06. The smallest absolute Gasteiger partial charge is 0.274 e. The Morgan fingerprint density at radius 3 is 2.95 bits per heavy atom. The molecule has 20 heavy (non-hydrogen) atoms. The van der Waals surface area contributed by atoms with Crippen molar-refractivity contribution in [1.82, 2.24) is 24.8 Å². The Morgan fingerprint density at radius 2 is 2.20 bits per heavy atom. The number of aromatic nitrogens is 4. The van der Waals surface area contributed by atoms with Gasteiger partial charge in [0.05, 0.1) is 11.9 Å². The molecule has 3 rings (SSSR count). The summed E-state index contributed by atoms with van der Waals surface area (Å²) in [6.45, 7) is 1.30. The third kappa shape index (κ3) is 2.42. The Labute approximate surface area is 115 Å². The van der Waals surface area contributed by atoms with Crippen molar-refractivity contribution in [3.63, 3.8) is 0 Å². The number of rotatable bonds is 2. The van der Waals surface area contributed by atoms with Crippen LogP contribution >= 0.6 is 0 Å². The zero-order chi connectivity index (χ0) is 13.9. The lowest BCUT2D eigenvalue weighted by atomic mass is 10.1. The molecule has 1 fully saturated rings. The van der Waals surface area contributed by atoms with E-state index in [1.165, 1.54) is 12.4 Å². The summed E-state index contributed by atoms with van der Waals surface area (Å²) < 4.78 is 0. The van der Waals surface area contributed by atoms with Gasteiger partial charge >= 0.3 is 0 Å². The van der Waals surface area contributed by atoms with Gasteiger partial charge in [-0.25, -0.2) is 15.0 Å². The number of hydrogen-bond donors (Lipinski definition) is 1. The van der Waals surface area contributed by atoms with Gasteiger partial charge in [0, 0.05) is 37.6 Å². The second kappa shape index (κ2) is 5.20. The van der Waals surface area contributed by atoms with E-state index in [4.69, 9.17) is 5.73 Å². The lowest BCUT2D eigenvalue weighted by Crippen LogP contribution is -2.29. The second-order valence-electron chi connectivity index (χ2n) is 4.67. The predicted molar refractivity (Wildman–Crippen MR) is 71.7 cm³/mol. The SMILES string of the molecule is Nc1nccc(C2CCN(C(=O)c3cnccn3)C2)n1. The van der Waals surface area contributed by atoms with E-state index in [1.807, 2.05) is 6.07 Å². The van der Waals surface area contributed by atoms with E-state index < -0.39 is 0 Å². The molecule has 0 bridgehead atoms. The quantitative estimate of drug-likeness (QED) is 0.852. The van der Waals surface area contributed by atoms with Crippen molar-refractivity contribution in [2.45, 2.75) is 12.3 Å². The van der Waals surface area contributed by atoms with Crippen LogP contribution < -0.4 is 5.73 Å². The molecule has 1 aliphatic heterocycles. The summed E-state index contributed by atoms with van der Waals surface area (Å²) in [6, 6.07) is 1.84. The highest BCUT2D eigenvalue weighted by atomic mass is 16.2. The van der Waals surface area contributed by atoms with Crippen molar-refractivity contribution in [2.24, 2.45) is 0 Å². The van der Waals surface area contributed by atoms with Crippen LogP contribution in [0.5, 0.6) is 0 Å². The maximum atomic E-state index is 12.3. The van der Waals surface area contributed by atoms with Gasteiger partial charge in [0.2, 0.25) is 5.95 Å². The fourth-order valence-electron chi connectivity index (χ4n) is 2.37. The van der Waals surface area contributed by atoms with Gasteiger partial charge in [-0.3, -0.25) is 9.78 Å². The van der Waals surface area contributed by atoms with Crippen molar-refractivity contribution in [3.05, 3.63) is 42.2 Å². The van der Waals surface area contributed by atoms with Crippen LogP contribution in [0, 0.1) is 0 Å². The van der Waals surface area contributed by atoms with Gasteiger partial charge in [-0.2, -0.15) is 0 Å². The minimum Gasteiger partial charge on any atom is -0.368 e. The highest BCUT2D eigenvalue weighted by Crippen LogP contribution is 2.26. The molecule has 0 aromatic carbocycles. The van der Waals surface area contributed by atoms with Crippen molar-refractivity contribution < 1.29 is 4.79 Å². The largest absolute Gasteiger partial charge is 0.368 e. The van der Waals surface area contributed by atoms with Gasteiger partial charge in [0.15, 0.2) is 0 Å². The molecule has 1 saturated heterocycles. The first kappa shape index (κ1) is 12.5. The molecule has 3 heterocycles. The highest BCUT2D eigenvalue weighted by Gasteiger charge is 2.29. The summed E-state index contributed by atoms with van der Waals surface area (Å²) in [5, 5.41) is 0. The lowest BCUT2D eigenvalue weighted by Gasteiger charge is -2.15. The van der Waals surface area contributed by atoms with Crippen LogP contribution in [0.3, 0.4) is 0 Å². The number of nitrogens with two attached hydrogens (primary N) is 1. The molecule has 0 aliphatic carbocycles. The monoisotopic (exact) mass is 270 g/mol. The van der Waals surface area contributed by atoms with Crippen LogP contribution in [0.25, 0.3) is 0 Å². The summed E-state index contributed by atoms with van der Waals surface area (Å²) in [5.41, 5.74) is 6.84. The van der Waals surface area contributed by atoms with E-state index in [0.717, 1.165) is 12.1 Å². The summed E-state index contributed by atoms with van der Waals surface area (Å²) in [4.78, 5) is 30.1. The number of carbonyl (C=O) groups excluding carboxylic acids is 1. The Morgan fingerprint density at radius 1 is 1.30 bits per heavy atom. The highest BCUT2D eigenvalue weighted by molar-refractivity contribution is 5.92. The van der Waals surface area contributed by atoms with E-state index in [-0.39, 0.29) is 17.8 Å². The van der Waals surface area contributed by atoms with Gasteiger partial charge in [-0.15, -0.1) is 0 Å². The molecule has 7 nitrogen and oxygen atoms in total. The van der Waals surface area contributed by atoms with Crippen LogP contribution in [0.4, 0.5) is 5.95 Å². The molecule has 2 aromatic heterocycles. The topological polar surface area (TPSA) is 97.9 Å². The number of nitrogen functional groups attached to an aromatic ring is 1. The van der Waals surface area contributed by atoms with Crippen molar-refractivity contribution >= 4 is 11.9 Å². The first-order valence-corrected chi connectivity index (χ1v) is 6.38. The summed E-state index contributed by atoms with van der Waals surface area (Å²) in [5.74, 6) is 0.366. The van der Waals surface area contributed by atoms with Crippen molar-refractivity contribution in [1.29, 1.82) is 0 Å². The number of amides is 1. The molecule has 2 N–H and O–H groups in total. The molecule has 1 aliphatic rings. The number of nitrogens with zero attached hydrogens (tertiary/aromatic N) is 5. The van der Waals surface area contributed by atoms with E-state index >= 15 is 0 Å². The van der Waals surface area contributed by atoms with Gasteiger partial charge in [0.25, 0.3) is 5.91 Å². The molecule has 0 saturated carbocycles. The Balaban J connectivity index is 1.72. The third-order valence-corrected chi connectivity index (χ3v) is 3.37. The van der Waals surface area contributed by atoms with Crippen molar-refractivity contribution in [3.8, 4) is 0 Å². The van der Waals surface area contributed by atoms with E-state index in [0.29, 0.717) is 18.8 Å². The first-order valence-electron chi connectivity index (χ1n) is 6.38. The average molecular weight is 270 g/mol. The molecule has 7 heteroatoms. The van der Waals surface area contributed by atoms with Crippen LogP contribution in [-0.2, 0) is 0 Å². The molecule has 1 atom stereocenters. The van der Waals surface area contributed by atoms with Gasteiger partial charge in [-0.05, 0) is 12.5 Å². The number of likely N-dealkylation sites (tertiary alicyclic amines) is 1. The van der Waals surface area contributed by atoms with Crippen LogP contribution in [0.1, 0.15) is 28.5 Å². The van der Waals surface area contributed by atoms with Crippen LogP contribution in [-0.4, -0.2) is 43.8 Å². The minimum absolute atomic E-state index is 0.0948. The molecular formula is C13H14N6O. The molecule has 1 amide bonds. The van der Waals surface area contributed by atoms with E-state index in [2.05, 4.69) is 19.9 Å². The van der Waals surface area contributed by atoms with Crippen LogP contribution in [0.15, 0.2) is 30.9 Å². The van der Waals surface area contributed by atoms with Crippen LogP contribution in [0.2, 0.25) is 0 Å². The first-order chi connectivity index (χ1) is 9.74. The lowest BCUT2D eigenvalue weighted by molar-refractivity contribution is 0.0784. The molecular weight excluding hydrogens is 256 g/mol. The molecule has 0 spiro atoms. The average Bonchev–Trinajstić information content (AvgIpc) is 2.97. The Hall–Kier alpha value is -2.57. The van der Waals surface area contributed by atoms with Gasteiger partial charge < -0.3 is 10.6 Å². The van der Waals surface area contributed by atoms with Gasteiger partial charge in [0.1, 0.15) is 5.69 Å². The van der Waals surface area contributed by atoms with E-state index in [9.17, 15) is 4.79 Å². The summed E-state index contributed by atoms with van der Waals surface area (Å²) >= 11 is 0. The Kier molecular flexibility index (Phi) is 3.24. The zero-order valence-corrected chi connectivity index (χ0v) is 10.8. The third-order valence-electron chi connectivity index (χ3n) is 3.37. The standard InChI is InChI=1S/C13H14N6O/c14-13-17-3-1-10(18-13)9-2-6-19(8-9)12(20)11-7-15-4-5-16-11/h1,3-5,7,9H,2,6,8H2,(H2,14,17,18).